The third-order valence-corrected chi connectivity index (χ3v) is 1.94. The minimum Gasteiger partial charge on any atom is -0.465 e. The van der Waals surface area contributed by atoms with Gasteiger partial charge in [0.15, 0.2) is 0 Å². The molecule has 0 saturated heterocycles. The molecular formula is C9H20N2O3. The molecule has 0 aliphatic carbocycles. The van der Waals surface area contributed by atoms with Gasteiger partial charge in [0.2, 0.25) is 0 Å². The van der Waals surface area contributed by atoms with Crippen molar-refractivity contribution in [3.63, 3.8) is 0 Å². The predicted octanol–water partition coefficient (Wildman–Crippen LogP) is 0.345. The van der Waals surface area contributed by atoms with Gasteiger partial charge in [-0.15, -0.1) is 0 Å². The van der Waals surface area contributed by atoms with Crippen LogP contribution in [0.1, 0.15) is 20.8 Å². The Morgan fingerprint density at radius 1 is 1.50 bits per heavy atom. The maximum absolute atomic E-state index is 11.0. The molecule has 0 bridgehead atoms. The van der Waals surface area contributed by atoms with Crippen LogP contribution >= 0.6 is 0 Å². The van der Waals surface area contributed by atoms with Crippen molar-refractivity contribution in [2.75, 3.05) is 20.2 Å². The Kier molecular flexibility index (Phi) is 4.87. The molecule has 0 radical (unpaired) electrons. The van der Waals surface area contributed by atoms with Gasteiger partial charge in [0.05, 0.1) is 12.6 Å². The van der Waals surface area contributed by atoms with Gasteiger partial charge in [-0.3, -0.25) is 4.90 Å². The normalized spacial score (nSPS) is 13.8. The van der Waals surface area contributed by atoms with Crippen LogP contribution in [0.4, 0.5) is 4.79 Å². The second-order valence-electron chi connectivity index (χ2n) is 4.22. The third-order valence-electron chi connectivity index (χ3n) is 1.94. The van der Waals surface area contributed by atoms with E-state index in [1.54, 1.807) is 27.8 Å². The van der Waals surface area contributed by atoms with Crippen molar-refractivity contribution in [1.82, 2.24) is 10.2 Å². The lowest BCUT2D eigenvalue weighted by molar-refractivity contribution is 0.0471. The fourth-order valence-electron chi connectivity index (χ4n) is 1.46. The van der Waals surface area contributed by atoms with Gasteiger partial charge >= 0.3 is 6.09 Å². The van der Waals surface area contributed by atoms with E-state index in [2.05, 4.69) is 5.32 Å². The van der Waals surface area contributed by atoms with Crippen molar-refractivity contribution in [2.24, 2.45) is 0 Å². The molecule has 1 amide bonds. The summed E-state index contributed by atoms with van der Waals surface area (Å²) in [7, 11) is 1.73. The molecule has 0 spiro atoms. The van der Waals surface area contributed by atoms with Crippen molar-refractivity contribution in [2.45, 2.75) is 32.4 Å². The zero-order valence-electron chi connectivity index (χ0n) is 9.24. The number of hydrogen-bond acceptors (Lipinski definition) is 3. The molecule has 0 saturated carbocycles. The molecule has 0 aliphatic rings. The van der Waals surface area contributed by atoms with Gasteiger partial charge in [0, 0.05) is 12.1 Å². The lowest BCUT2D eigenvalue weighted by Gasteiger charge is -2.38. The summed E-state index contributed by atoms with van der Waals surface area (Å²) in [6.07, 6.45) is -1.01. The van der Waals surface area contributed by atoms with Gasteiger partial charge < -0.3 is 15.5 Å². The van der Waals surface area contributed by atoms with Crippen LogP contribution in [0.2, 0.25) is 0 Å². The summed E-state index contributed by atoms with van der Waals surface area (Å²) in [5.41, 5.74) is -0.504. The van der Waals surface area contributed by atoms with E-state index in [-0.39, 0.29) is 6.61 Å². The van der Waals surface area contributed by atoms with E-state index in [4.69, 9.17) is 10.2 Å². The second-order valence-corrected chi connectivity index (χ2v) is 4.22. The van der Waals surface area contributed by atoms with Crippen LogP contribution in [0, 0.1) is 0 Å². The van der Waals surface area contributed by atoms with Gasteiger partial charge in [-0.25, -0.2) is 4.79 Å². The molecule has 0 unspecified atom stereocenters. The molecule has 1 atom stereocenters. The summed E-state index contributed by atoms with van der Waals surface area (Å²) >= 11 is 0. The summed E-state index contributed by atoms with van der Waals surface area (Å²) in [6, 6.07) is -0.405. The lowest BCUT2D eigenvalue weighted by Crippen LogP contribution is -2.55. The zero-order chi connectivity index (χ0) is 11.4. The zero-order valence-corrected chi connectivity index (χ0v) is 9.24. The summed E-state index contributed by atoms with van der Waals surface area (Å²) in [5, 5.41) is 21.0. The van der Waals surface area contributed by atoms with E-state index in [0.29, 0.717) is 6.54 Å². The molecule has 84 valence electrons. The van der Waals surface area contributed by atoms with Crippen molar-refractivity contribution < 1.29 is 15.0 Å². The number of aliphatic hydroxyl groups is 1. The van der Waals surface area contributed by atoms with Crippen molar-refractivity contribution in [3.05, 3.63) is 0 Å². The lowest BCUT2D eigenvalue weighted by atomic mass is 10.0. The first-order valence-corrected chi connectivity index (χ1v) is 4.62. The van der Waals surface area contributed by atoms with E-state index in [9.17, 15) is 4.79 Å². The standard InChI is InChI=1S/C9H20N2O3/c1-9(2,3)11(8(13)14)7(6-12)5-10-4/h7,10,12H,5-6H2,1-4H3,(H,13,14)/t7-/m1/s1. The van der Waals surface area contributed by atoms with Gasteiger partial charge in [-0.1, -0.05) is 0 Å². The monoisotopic (exact) mass is 204 g/mol. The van der Waals surface area contributed by atoms with Crippen LogP contribution in [0.25, 0.3) is 0 Å². The van der Waals surface area contributed by atoms with Gasteiger partial charge in [0.1, 0.15) is 0 Å². The third kappa shape index (κ3) is 3.51. The van der Waals surface area contributed by atoms with Crippen molar-refractivity contribution in [3.8, 4) is 0 Å². The Balaban J connectivity index is 4.70. The number of carboxylic acid groups (broad SMARTS) is 1. The molecule has 14 heavy (non-hydrogen) atoms. The van der Waals surface area contributed by atoms with Crippen molar-refractivity contribution in [1.29, 1.82) is 0 Å². The fourth-order valence-corrected chi connectivity index (χ4v) is 1.46. The molecule has 0 rings (SSSR count). The Bertz CT molecular complexity index is 189. The highest BCUT2D eigenvalue weighted by molar-refractivity contribution is 5.66. The van der Waals surface area contributed by atoms with Gasteiger partial charge in [-0.05, 0) is 27.8 Å². The maximum Gasteiger partial charge on any atom is 0.408 e. The number of aliphatic hydroxyl groups excluding tert-OH is 1. The number of hydrogen-bond donors (Lipinski definition) is 3. The molecule has 5 nitrogen and oxygen atoms in total. The summed E-state index contributed by atoms with van der Waals surface area (Å²) in [5.74, 6) is 0. The number of amides is 1. The molecule has 0 aromatic rings. The quantitative estimate of drug-likeness (QED) is 0.617. The maximum atomic E-state index is 11.0. The first kappa shape index (κ1) is 13.2. The van der Waals surface area contributed by atoms with Crippen LogP contribution < -0.4 is 5.32 Å². The predicted molar refractivity (Wildman–Crippen MR) is 54.4 cm³/mol. The summed E-state index contributed by atoms with van der Waals surface area (Å²) in [6.45, 7) is 5.68. The number of likely N-dealkylation sites (N-methyl/N-ethyl adjacent to an activating group) is 1. The SMILES string of the molecule is CNC[C@H](CO)N(C(=O)O)C(C)(C)C. The average Bonchev–Trinajstić information content (AvgIpc) is 2.00. The number of nitrogens with zero attached hydrogens (tertiary/aromatic N) is 1. The Labute approximate surface area is 84.7 Å². The van der Waals surface area contributed by atoms with Crippen LogP contribution in [0.15, 0.2) is 0 Å². The molecule has 5 heteroatoms. The number of carbonyl (C=O) groups is 1. The molecule has 0 aliphatic heterocycles. The Hall–Kier alpha value is -0.810. The fraction of sp³-hybridized carbons (Fsp3) is 0.889. The highest BCUT2D eigenvalue weighted by Gasteiger charge is 2.32. The minimum atomic E-state index is -1.01. The smallest absolute Gasteiger partial charge is 0.408 e. The molecule has 3 N–H and O–H groups in total. The highest BCUT2D eigenvalue weighted by atomic mass is 16.4. The van der Waals surface area contributed by atoms with Crippen molar-refractivity contribution >= 4 is 6.09 Å². The molecule has 0 aromatic carbocycles. The van der Waals surface area contributed by atoms with E-state index in [0.717, 1.165) is 0 Å². The molecule has 0 aromatic heterocycles. The summed E-state index contributed by atoms with van der Waals surface area (Å²) in [4.78, 5) is 12.3. The molecule has 0 heterocycles. The average molecular weight is 204 g/mol. The Morgan fingerprint density at radius 2 is 2.00 bits per heavy atom. The van der Waals surface area contributed by atoms with Crippen LogP contribution in [0.5, 0.6) is 0 Å². The topological polar surface area (TPSA) is 72.8 Å². The van der Waals surface area contributed by atoms with Crippen LogP contribution in [0.3, 0.4) is 0 Å². The first-order chi connectivity index (χ1) is 6.34. The summed E-state index contributed by atoms with van der Waals surface area (Å²) < 4.78 is 0. The van der Waals surface area contributed by atoms with E-state index in [1.165, 1.54) is 4.90 Å². The Morgan fingerprint density at radius 3 is 2.21 bits per heavy atom. The van der Waals surface area contributed by atoms with Crippen LogP contribution in [-0.4, -0.2) is 53.0 Å². The highest BCUT2D eigenvalue weighted by Crippen LogP contribution is 2.16. The molecular weight excluding hydrogens is 184 g/mol. The minimum absolute atomic E-state index is 0.176. The van der Waals surface area contributed by atoms with Crippen LogP contribution in [-0.2, 0) is 0 Å². The second kappa shape index (κ2) is 5.17. The molecule has 0 fully saturated rings. The van der Waals surface area contributed by atoms with E-state index >= 15 is 0 Å². The number of rotatable bonds is 4. The first-order valence-electron chi connectivity index (χ1n) is 4.62. The van der Waals surface area contributed by atoms with Gasteiger partial charge in [0.25, 0.3) is 0 Å². The largest absolute Gasteiger partial charge is 0.465 e. The van der Waals surface area contributed by atoms with E-state index in [1.807, 2.05) is 0 Å². The van der Waals surface area contributed by atoms with E-state index < -0.39 is 17.7 Å². The number of nitrogens with one attached hydrogen (secondary N) is 1. The van der Waals surface area contributed by atoms with Gasteiger partial charge in [-0.2, -0.15) is 0 Å².